The minimum Gasteiger partial charge on any atom is -0.464 e. The van der Waals surface area contributed by atoms with Gasteiger partial charge in [0.25, 0.3) is 0 Å². The van der Waals surface area contributed by atoms with Gasteiger partial charge in [-0.05, 0) is 27.7 Å². The van der Waals surface area contributed by atoms with Crippen LogP contribution in [0.3, 0.4) is 0 Å². The van der Waals surface area contributed by atoms with Crippen molar-refractivity contribution >= 4 is 16.4 Å². The van der Waals surface area contributed by atoms with Crippen molar-refractivity contribution in [3.63, 3.8) is 0 Å². The number of ether oxygens (including phenoxy) is 3. The van der Waals surface area contributed by atoms with E-state index in [2.05, 4.69) is 0 Å². The standard InChI is InChI=1S/C11H18O8S/c1-5-15-9(12)11(4)8(18-20(13,14)19-11)7-6-16-10(2,3)17-7/h7-8H,5-6H2,1-4H3/t7-,8?,11-/m1/s1. The molecule has 20 heavy (non-hydrogen) atoms. The van der Waals surface area contributed by atoms with E-state index in [-0.39, 0.29) is 13.2 Å². The topological polar surface area (TPSA) is 97.4 Å². The van der Waals surface area contributed by atoms with E-state index in [9.17, 15) is 13.2 Å². The molecule has 1 unspecified atom stereocenters. The molecule has 0 aromatic rings. The molecule has 2 fully saturated rings. The highest BCUT2D eigenvalue weighted by molar-refractivity contribution is 7.82. The Hall–Kier alpha value is -0.740. The van der Waals surface area contributed by atoms with Gasteiger partial charge in [-0.15, -0.1) is 0 Å². The molecule has 0 bridgehead atoms. The van der Waals surface area contributed by atoms with E-state index in [4.69, 9.17) is 22.6 Å². The van der Waals surface area contributed by atoms with Crippen LogP contribution in [0.1, 0.15) is 27.7 Å². The summed E-state index contributed by atoms with van der Waals surface area (Å²) in [6.45, 7) is 6.45. The van der Waals surface area contributed by atoms with Gasteiger partial charge in [-0.25, -0.2) is 13.2 Å². The maximum Gasteiger partial charge on any atom is 0.401 e. The first-order chi connectivity index (χ1) is 9.10. The molecule has 116 valence electrons. The zero-order chi connectivity index (χ0) is 15.2. The van der Waals surface area contributed by atoms with Crippen LogP contribution in [-0.2, 0) is 37.8 Å². The summed E-state index contributed by atoms with van der Waals surface area (Å²) >= 11 is 0. The molecule has 0 saturated carbocycles. The van der Waals surface area contributed by atoms with E-state index in [0.29, 0.717) is 0 Å². The fourth-order valence-electron chi connectivity index (χ4n) is 2.20. The molecule has 0 radical (unpaired) electrons. The van der Waals surface area contributed by atoms with Crippen LogP contribution in [-0.4, -0.2) is 51.2 Å². The largest absolute Gasteiger partial charge is 0.464 e. The number of rotatable bonds is 3. The van der Waals surface area contributed by atoms with Crippen LogP contribution in [0.25, 0.3) is 0 Å². The van der Waals surface area contributed by atoms with Gasteiger partial charge in [0.15, 0.2) is 5.79 Å². The number of esters is 1. The molecule has 9 heteroatoms. The van der Waals surface area contributed by atoms with Gasteiger partial charge in [-0.3, -0.25) is 0 Å². The van der Waals surface area contributed by atoms with Crippen LogP contribution >= 0.6 is 0 Å². The molecule has 2 aliphatic rings. The van der Waals surface area contributed by atoms with Gasteiger partial charge in [0, 0.05) is 0 Å². The summed E-state index contributed by atoms with van der Waals surface area (Å²) in [4.78, 5) is 12.0. The average Bonchev–Trinajstić information content (AvgIpc) is 2.77. The van der Waals surface area contributed by atoms with E-state index >= 15 is 0 Å². The Balaban J connectivity index is 2.27. The number of hydrogen-bond donors (Lipinski definition) is 0. The fraction of sp³-hybridized carbons (Fsp3) is 0.909. The van der Waals surface area contributed by atoms with E-state index < -0.39 is 40.0 Å². The van der Waals surface area contributed by atoms with Gasteiger partial charge < -0.3 is 14.2 Å². The molecule has 2 aliphatic heterocycles. The summed E-state index contributed by atoms with van der Waals surface area (Å²) in [6.07, 6.45) is -1.91. The van der Waals surface area contributed by atoms with Crippen LogP contribution in [0.2, 0.25) is 0 Å². The SMILES string of the molecule is CCOC(=O)[C@]1(C)OS(=O)(=O)OC1[C@H]1COC(C)(C)O1. The summed E-state index contributed by atoms with van der Waals surface area (Å²) in [5, 5.41) is 0. The first-order valence-electron chi connectivity index (χ1n) is 6.22. The summed E-state index contributed by atoms with van der Waals surface area (Å²) in [7, 11) is -4.28. The predicted octanol–water partition coefficient (Wildman–Crippen LogP) is 0.120. The summed E-state index contributed by atoms with van der Waals surface area (Å²) < 4.78 is 48.5. The summed E-state index contributed by atoms with van der Waals surface area (Å²) in [5.41, 5.74) is -1.79. The van der Waals surface area contributed by atoms with E-state index in [0.717, 1.165) is 0 Å². The van der Waals surface area contributed by atoms with Crippen molar-refractivity contribution in [2.24, 2.45) is 0 Å². The molecule has 8 nitrogen and oxygen atoms in total. The lowest BCUT2D eigenvalue weighted by Gasteiger charge is -2.27. The molecule has 0 N–H and O–H groups in total. The molecule has 2 heterocycles. The highest BCUT2D eigenvalue weighted by atomic mass is 32.3. The fourth-order valence-corrected chi connectivity index (χ4v) is 3.39. The Kier molecular flexibility index (Phi) is 3.85. The maximum atomic E-state index is 12.0. The second kappa shape index (κ2) is 4.92. The van der Waals surface area contributed by atoms with Crippen molar-refractivity contribution < 1.29 is 35.8 Å². The van der Waals surface area contributed by atoms with Crippen molar-refractivity contribution in [2.75, 3.05) is 13.2 Å². The molecule has 0 aliphatic carbocycles. The molecule has 2 rings (SSSR count). The lowest BCUT2D eigenvalue weighted by atomic mass is 9.95. The van der Waals surface area contributed by atoms with E-state index in [1.807, 2.05) is 0 Å². The van der Waals surface area contributed by atoms with Crippen molar-refractivity contribution in [2.45, 2.75) is 51.3 Å². The van der Waals surface area contributed by atoms with Crippen molar-refractivity contribution in [1.29, 1.82) is 0 Å². The van der Waals surface area contributed by atoms with Crippen LogP contribution in [0.4, 0.5) is 0 Å². The number of carbonyl (C=O) groups excluding carboxylic acids is 1. The summed E-state index contributed by atoms with van der Waals surface area (Å²) in [6, 6.07) is 0. The van der Waals surface area contributed by atoms with Crippen molar-refractivity contribution in [3.05, 3.63) is 0 Å². The minimum atomic E-state index is -4.28. The lowest BCUT2D eigenvalue weighted by molar-refractivity contribution is -0.175. The molecule has 3 atom stereocenters. The van der Waals surface area contributed by atoms with Crippen molar-refractivity contribution in [3.8, 4) is 0 Å². The predicted molar refractivity (Wildman–Crippen MR) is 64.8 cm³/mol. The maximum absolute atomic E-state index is 12.0. The van der Waals surface area contributed by atoms with Gasteiger partial charge in [0.2, 0.25) is 5.60 Å². The van der Waals surface area contributed by atoms with E-state index in [1.54, 1.807) is 20.8 Å². The van der Waals surface area contributed by atoms with Crippen LogP contribution in [0, 0.1) is 0 Å². The highest BCUT2D eigenvalue weighted by Gasteiger charge is 2.61. The third kappa shape index (κ3) is 2.82. The van der Waals surface area contributed by atoms with Gasteiger partial charge in [-0.1, -0.05) is 0 Å². The molecular formula is C11H18O8S. The normalized spacial score (nSPS) is 38.8. The van der Waals surface area contributed by atoms with Gasteiger partial charge in [-0.2, -0.15) is 8.42 Å². The third-order valence-corrected chi connectivity index (χ3v) is 4.08. The Morgan fingerprint density at radius 2 is 2.00 bits per heavy atom. The zero-order valence-electron chi connectivity index (χ0n) is 11.7. The van der Waals surface area contributed by atoms with Crippen LogP contribution in [0.15, 0.2) is 0 Å². The van der Waals surface area contributed by atoms with Gasteiger partial charge >= 0.3 is 16.4 Å². The van der Waals surface area contributed by atoms with E-state index in [1.165, 1.54) is 6.92 Å². The number of carbonyl (C=O) groups is 1. The average molecular weight is 310 g/mol. The minimum absolute atomic E-state index is 0.0888. The Bertz CT molecular complexity index is 499. The first kappa shape index (κ1) is 15.6. The molecule has 2 saturated heterocycles. The van der Waals surface area contributed by atoms with Crippen LogP contribution in [0.5, 0.6) is 0 Å². The molecular weight excluding hydrogens is 292 g/mol. The Labute approximate surface area is 117 Å². The number of hydrogen-bond acceptors (Lipinski definition) is 8. The Morgan fingerprint density at radius 3 is 2.50 bits per heavy atom. The van der Waals surface area contributed by atoms with Crippen LogP contribution < -0.4 is 0 Å². The lowest BCUT2D eigenvalue weighted by Crippen LogP contribution is -2.52. The summed E-state index contributed by atoms with van der Waals surface area (Å²) in [5.74, 6) is -1.70. The second-order valence-electron chi connectivity index (χ2n) is 5.20. The van der Waals surface area contributed by atoms with Gasteiger partial charge in [0.1, 0.15) is 12.2 Å². The third-order valence-electron chi connectivity index (χ3n) is 3.09. The zero-order valence-corrected chi connectivity index (χ0v) is 12.6. The van der Waals surface area contributed by atoms with Crippen molar-refractivity contribution in [1.82, 2.24) is 0 Å². The molecule has 0 amide bonds. The van der Waals surface area contributed by atoms with Gasteiger partial charge in [0.05, 0.1) is 13.2 Å². The molecule has 0 spiro atoms. The molecule has 0 aromatic heterocycles. The Morgan fingerprint density at radius 1 is 1.35 bits per heavy atom. The monoisotopic (exact) mass is 310 g/mol. The smallest absolute Gasteiger partial charge is 0.401 e. The first-order valence-corrected chi connectivity index (χ1v) is 7.56. The quantitative estimate of drug-likeness (QED) is 0.678. The highest BCUT2D eigenvalue weighted by Crippen LogP contribution is 2.38. The second-order valence-corrected chi connectivity index (χ2v) is 6.38. The molecule has 0 aromatic carbocycles.